The lowest BCUT2D eigenvalue weighted by Gasteiger charge is -2.30. The lowest BCUT2D eigenvalue weighted by atomic mass is 10.2. The number of fused-ring (bicyclic) bond motifs is 1. The second-order valence-electron chi connectivity index (χ2n) is 8.57. The Bertz CT molecular complexity index is 1310. The van der Waals surface area contributed by atoms with Gasteiger partial charge in [-0.3, -0.25) is 9.69 Å². The molecule has 1 atom stereocenters. The summed E-state index contributed by atoms with van der Waals surface area (Å²) in [6.45, 7) is 6.99. The quantitative estimate of drug-likeness (QED) is 0.392. The van der Waals surface area contributed by atoms with E-state index in [1.54, 1.807) is 23.1 Å². The number of thiazole rings is 1. The Labute approximate surface area is 215 Å². The van der Waals surface area contributed by atoms with Crippen LogP contribution in [0.25, 0.3) is 10.2 Å². The third-order valence-corrected chi connectivity index (χ3v) is 9.49. The number of carbonyl (C=O) groups excluding carboxylic acids is 1. The third-order valence-electron chi connectivity index (χ3n) is 6.53. The highest BCUT2D eigenvalue weighted by molar-refractivity contribution is 7.89. The first-order chi connectivity index (χ1) is 17.3. The highest BCUT2D eigenvalue weighted by Crippen LogP contribution is 2.33. The molecule has 1 fully saturated rings. The molecule has 1 aliphatic rings. The maximum Gasteiger partial charge on any atom is 0.247 e. The van der Waals surface area contributed by atoms with Crippen LogP contribution in [0.3, 0.4) is 0 Å². The number of likely N-dealkylation sites (N-methyl/N-ethyl adjacent to an activating group) is 1. The summed E-state index contributed by atoms with van der Waals surface area (Å²) >= 11 is 1.24. The molecule has 0 spiro atoms. The van der Waals surface area contributed by atoms with Gasteiger partial charge in [0.05, 0.1) is 22.2 Å². The number of sulfonamides is 1. The monoisotopic (exact) mass is 534 g/mol. The van der Waals surface area contributed by atoms with Gasteiger partial charge in [-0.15, -0.1) is 0 Å². The van der Waals surface area contributed by atoms with E-state index in [-0.39, 0.29) is 23.2 Å². The summed E-state index contributed by atoms with van der Waals surface area (Å²) in [5, 5.41) is 0.446. The minimum absolute atomic E-state index is 0.119. The molecule has 2 aromatic carbocycles. The van der Waals surface area contributed by atoms with E-state index in [0.717, 1.165) is 13.1 Å². The zero-order valence-corrected chi connectivity index (χ0v) is 22.3. The van der Waals surface area contributed by atoms with Crippen molar-refractivity contribution in [2.24, 2.45) is 0 Å². The van der Waals surface area contributed by atoms with Gasteiger partial charge in [0, 0.05) is 19.6 Å². The fourth-order valence-corrected chi connectivity index (χ4v) is 7.09. The molecule has 1 unspecified atom stereocenters. The standard InChI is InChI=1S/C25H31FN4O4S2/c1-4-28(5-2)15-16-29(25-27-21-13-8-18(26)17-23(21)35-25)24(31)22-7-6-14-30(22)36(32,33)20-11-9-19(34-3)10-12-20/h8-13,17,22H,4-7,14-16H2,1-3H3. The molecule has 4 rings (SSSR count). The smallest absolute Gasteiger partial charge is 0.247 e. The largest absolute Gasteiger partial charge is 0.497 e. The zero-order valence-electron chi connectivity index (χ0n) is 20.7. The Balaban J connectivity index is 1.66. The molecule has 11 heteroatoms. The molecule has 1 saturated heterocycles. The molecule has 2 heterocycles. The zero-order chi connectivity index (χ0) is 25.9. The summed E-state index contributed by atoms with van der Waals surface area (Å²) in [4.78, 5) is 22.4. The number of amides is 1. The minimum atomic E-state index is -3.89. The number of hydrogen-bond donors (Lipinski definition) is 0. The van der Waals surface area contributed by atoms with Crippen LogP contribution in [0.2, 0.25) is 0 Å². The molecule has 36 heavy (non-hydrogen) atoms. The molecule has 0 radical (unpaired) electrons. The van der Waals surface area contributed by atoms with Crippen LogP contribution < -0.4 is 9.64 Å². The second kappa shape index (κ2) is 11.2. The van der Waals surface area contributed by atoms with Gasteiger partial charge in [-0.05, 0) is 68.4 Å². The van der Waals surface area contributed by atoms with Gasteiger partial charge in [-0.1, -0.05) is 25.2 Å². The van der Waals surface area contributed by atoms with Crippen LogP contribution in [0.4, 0.5) is 9.52 Å². The summed E-state index contributed by atoms with van der Waals surface area (Å²) in [6, 6.07) is 9.67. The van der Waals surface area contributed by atoms with Gasteiger partial charge >= 0.3 is 0 Å². The number of benzene rings is 2. The maximum atomic E-state index is 13.9. The van der Waals surface area contributed by atoms with Crippen molar-refractivity contribution in [2.75, 3.05) is 44.7 Å². The van der Waals surface area contributed by atoms with Crippen molar-refractivity contribution in [1.29, 1.82) is 0 Å². The molecule has 194 valence electrons. The van der Waals surface area contributed by atoms with Crippen molar-refractivity contribution in [2.45, 2.75) is 37.6 Å². The van der Waals surface area contributed by atoms with Crippen molar-refractivity contribution < 1.29 is 22.3 Å². The highest BCUT2D eigenvalue weighted by atomic mass is 32.2. The Morgan fingerprint density at radius 1 is 1.17 bits per heavy atom. The predicted molar refractivity (Wildman–Crippen MR) is 140 cm³/mol. The summed E-state index contributed by atoms with van der Waals surface area (Å²) in [6.07, 6.45) is 1.01. The topological polar surface area (TPSA) is 83.0 Å². The van der Waals surface area contributed by atoms with E-state index >= 15 is 0 Å². The van der Waals surface area contributed by atoms with Crippen LogP contribution in [0.5, 0.6) is 5.75 Å². The molecule has 1 aromatic heterocycles. The van der Waals surface area contributed by atoms with E-state index in [4.69, 9.17) is 4.74 Å². The van der Waals surface area contributed by atoms with E-state index in [0.29, 0.717) is 47.0 Å². The van der Waals surface area contributed by atoms with E-state index in [2.05, 4.69) is 23.7 Å². The van der Waals surface area contributed by atoms with Gasteiger partial charge in [0.1, 0.15) is 17.6 Å². The van der Waals surface area contributed by atoms with Gasteiger partial charge in [0.15, 0.2) is 5.13 Å². The highest BCUT2D eigenvalue weighted by Gasteiger charge is 2.42. The normalized spacial score (nSPS) is 16.6. The van der Waals surface area contributed by atoms with Gasteiger partial charge in [0.25, 0.3) is 0 Å². The lowest BCUT2D eigenvalue weighted by Crippen LogP contribution is -2.49. The van der Waals surface area contributed by atoms with E-state index in [1.165, 1.54) is 47.0 Å². The van der Waals surface area contributed by atoms with Crippen LogP contribution in [-0.4, -0.2) is 74.4 Å². The van der Waals surface area contributed by atoms with Gasteiger partial charge in [-0.25, -0.2) is 17.8 Å². The number of methoxy groups -OCH3 is 1. The van der Waals surface area contributed by atoms with Crippen molar-refractivity contribution >= 4 is 42.6 Å². The molecular weight excluding hydrogens is 503 g/mol. The summed E-state index contributed by atoms with van der Waals surface area (Å²) in [5.41, 5.74) is 0.603. The minimum Gasteiger partial charge on any atom is -0.497 e. The van der Waals surface area contributed by atoms with Crippen LogP contribution in [0.15, 0.2) is 47.4 Å². The first-order valence-corrected chi connectivity index (χ1v) is 14.3. The molecule has 0 bridgehead atoms. The fraction of sp³-hybridized carbons (Fsp3) is 0.440. The Morgan fingerprint density at radius 3 is 2.56 bits per heavy atom. The van der Waals surface area contributed by atoms with Crippen molar-refractivity contribution in [3.05, 3.63) is 48.3 Å². The van der Waals surface area contributed by atoms with E-state index in [9.17, 15) is 17.6 Å². The van der Waals surface area contributed by atoms with Crippen LogP contribution >= 0.6 is 11.3 Å². The number of carbonyl (C=O) groups is 1. The van der Waals surface area contributed by atoms with Gasteiger partial charge in [-0.2, -0.15) is 4.31 Å². The van der Waals surface area contributed by atoms with Crippen LogP contribution in [0, 0.1) is 5.82 Å². The van der Waals surface area contributed by atoms with Crippen molar-refractivity contribution in [3.8, 4) is 5.75 Å². The summed E-state index contributed by atoms with van der Waals surface area (Å²) < 4.78 is 47.9. The Hall–Kier alpha value is -2.60. The molecule has 0 aliphatic carbocycles. The third kappa shape index (κ3) is 5.39. The lowest BCUT2D eigenvalue weighted by molar-refractivity contribution is -0.121. The molecular formula is C25H31FN4O4S2. The number of ether oxygens (including phenoxy) is 1. The number of aromatic nitrogens is 1. The molecule has 3 aromatic rings. The fourth-order valence-electron chi connectivity index (χ4n) is 4.42. The van der Waals surface area contributed by atoms with Crippen LogP contribution in [0.1, 0.15) is 26.7 Å². The van der Waals surface area contributed by atoms with Gasteiger partial charge in [0.2, 0.25) is 15.9 Å². The molecule has 1 amide bonds. The number of hydrogen-bond acceptors (Lipinski definition) is 7. The number of rotatable bonds is 10. The second-order valence-corrected chi connectivity index (χ2v) is 11.5. The SMILES string of the molecule is CCN(CC)CCN(C(=O)C1CCCN1S(=O)(=O)c1ccc(OC)cc1)c1nc2ccc(F)cc2s1. The summed E-state index contributed by atoms with van der Waals surface area (Å²) in [7, 11) is -2.38. The van der Waals surface area contributed by atoms with Crippen LogP contribution in [-0.2, 0) is 14.8 Å². The molecule has 0 saturated carbocycles. The Morgan fingerprint density at radius 2 is 1.89 bits per heavy atom. The number of nitrogens with zero attached hydrogens (tertiary/aromatic N) is 4. The number of anilines is 1. The summed E-state index contributed by atoms with van der Waals surface area (Å²) in [5.74, 6) is -0.125. The first-order valence-electron chi connectivity index (χ1n) is 12.0. The van der Waals surface area contributed by atoms with Crippen molar-refractivity contribution in [3.63, 3.8) is 0 Å². The molecule has 1 aliphatic heterocycles. The molecule has 8 nitrogen and oxygen atoms in total. The number of halogens is 1. The average molecular weight is 535 g/mol. The Kier molecular flexibility index (Phi) is 8.23. The molecule has 0 N–H and O–H groups in total. The first kappa shape index (κ1) is 26.5. The predicted octanol–water partition coefficient (Wildman–Crippen LogP) is 3.97. The average Bonchev–Trinajstić information content (AvgIpc) is 3.54. The van der Waals surface area contributed by atoms with E-state index < -0.39 is 16.1 Å². The van der Waals surface area contributed by atoms with Crippen molar-refractivity contribution in [1.82, 2.24) is 14.2 Å². The van der Waals surface area contributed by atoms with Gasteiger partial charge < -0.3 is 9.64 Å². The van der Waals surface area contributed by atoms with E-state index in [1.807, 2.05) is 0 Å². The maximum absolute atomic E-state index is 13.9.